The van der Waals surface area contributed by atoms with Gasteiger partial charge in [0.2, 0.25) is 0 Å². The van der Waals surface area contributed by atoms with Crippen molar-refractivity contribution in [2.24, 2.45) is 0 Å². The van der Waals surface area contributed by atoms with Crippen molar-refractivity contribution < 1.29 is 9.84 Å². The average molecular weight is 264 g/mol. The van der Waals surface area contributed by atoms with E-state index in [2.05, 4.69) is 11.8 Å². The summed E-state index contributed by atoms with van der Waals surface area (Å²) >= 11 is 0. The normalized spacial score (nSPS) is 21.5. The first-order valence-electron chi connectivity index (χ1n) is 7.10. The van der Waals surface area contributed by atoms with E-state index in [1.165, 1.54) is 12.8 Å². The minimum Gasteiger partial charge on any atom is -0.489 e. The number of hydrogen-bond donors (Lipinski definition) is 2. The molecule has 2 unspecified atom stereocenters. The van der Waals surface area contributed by atoms with Gasteiger partial charge in [-0.25, -0.2) is 0 Å². The lowest BCUT2D eigenvalue weighted by Gasteiger charge is -2.26. The molecule has 1 aliphatic heterocycles. The summed E-state index contributed by atoms with van der Waals surface area (Å²) < 4.78 is 5.58. The molecule has 4 nitrogen and oxygen atoms in total. The summed E-state index contributed by atoms with van der Waals surface area (Å²) in [6, 6.07) is 8.00. The zero-order valence-electron chi connectivity index (χ0n) is 11.6. The van der Waals surface area contributed by atoms with Crippen LogP contribution in [-0.4, -0.2) is 41.8 Å². The molecule has 0 spiro atoms. The van der Waals surface area contributed by atoms with E-state index in [0.29, 0.717) is 30.6 Å². The Hall–Kier alpha value is -1.26. The number of aliphatic hydroxyl groups is 1. The fourth-order valence-electron chi connectivity index (χ4n) is 2.72. The highest BCUT2D eigenvalue weighted by molar-refractivity contribution is 5.51. The van der Waals surface area contributed by atoms with Crippen LogP contribution in [0.1, 0.15) is 26.2 Å². The molecule has 0 bridgehead atoms. The van der Waals surface area contributed by atoms with Gasteiger partial charge >= 0.3 is 0 Å². The lowest BCUT2D eigenvalue weighted by Crippen LogP contribution is -2.38. The lowest BCUT2D eigenvalue weighted by molar-refractivity contribution is 0.0637. The van der Waals surface area contributed by atoms with Crippen LogP contribution < -0.4 is 10.5 Å². The molecule has 1 aromatic rings. The molecule has 0 radical (unpaired) electrons. The second-order valence-corrected chi connectivity index (χ2v) is 5.20. The van der Waals surface area contributed by atoms with Crippen LogP contribution in [0.25, 0.3) is 0 Å². The molecular weight excluding hydrogens is 240 g/mol. The SMILES string of the molecule is CCC1CCCN1CC(O)COc1ccccc1N. The number of para-hydroxylation sites is 2. The summed E-state index contributed by atoms with van der Waals surface area (Å²) in [5, 5.41) is 10.1. The molecule has 19 heavy (non-hydrogen) atoms. The van der Waals surface area contributed by atoms with Crippen molar-refractivity contribution in [2.75, 3.05) is 25.4 Å². The third-order valence-corrected chi connectivity index (χ3v) is 3.77. The van der Waals surface area contributed by atoms with Crippen molar-refractivity contribution >= 4 is 5.69 Å². The number of likely N-dealkylation sites (tertiary alicyclic amines) is 1. The van der Waals surface area contributed by atoms with Crippen LogP contribution in [0.2, 0.25) is 0 Å². The van der Waals surface area contributed by atoms with Crippen molar-refractivity contribution in [1.29, 1.82) is 0 Å². The van der Waals surface area contributed by atoms with E-state index in [1.54, 1.807) is 6.07 Å². The summed E-state index contributed by atoms with van der Waals surface area (Å²) in [6.45, 7) is 4.27. The second kappa shape index (κ2) is 6.78. The van der Waals surface area contributed by atoms with Gasteiger partial charge in [0, 0.05) is 12.6 Å². The molecular formula is C15H24N2O2. The van der Waals surface area contributed by atoms with Gasteiger partial charge in [-0.1, -0.05) is 19.1 Å². The molecule has 0 saturated carbocycles. The van der Waals surface area contributed by atoms with E-state index in [0.717, 1.165) is 13.0 Å². The number of aliphatic hydroxyl groups excluding tert-OH is 1. The molecule has 0 aromatic heterocycles. The number of anilines is 1. The van der Waals surface area contributed by atoms with Crippen molar-refractivity contribution in [3.63, 3.8) is 0 Å². The highest BCUT2D eigenvalue weighted by atomic mass is 16.5. The molecule has 0 amide bonds. The number of nitrogens with two attached hydrogens (primary N) is 1. The Bertz CT molecular complexity index is 397. The monoisotopic (exact) mass is 264 g/mol. The lowest BCUT2D eigenvalue weighted by atomic mass is 10.1. The van der Waals surface area contributed by atoms with Gasteiger partial charge in [0.15, 0.2) is 0 Å². The van der Waals surface area contributed by atoms with E-state index in [4.69, 9.17) is 10.5 Å². The van der Waals surface area contributed by atoms with Gasteiger partial charge in [-0.3, -0.25) is 4.90 Å². The van der Waals surface area contributed by atoms with Crippen LogP contribution in [0, 0.1) is 0 Å². The Balaban J connectivity index is 1.78. The molecule has 1 aliphatic rings. The predicted octanol–water partition coefficient (Wildman–Crippen LogP) is 1.88. The van der Waals surface area contributed by atoms with Gasteiger partial charge in [-0.05, 0) is 37.9 Å². The fraction of sp³-hybridized carbons (Fsp3) is 0.600. The van der Waals surface area contributed by atoms with Crippen molar-refractivity contribution in [2.45, 2.75) is 38.3 Å². The predicted molar refractivity (Wildman–Crippen MR) is 77.2 cm³/mol. The van der Waals surface area contributed by atoms with Gasteiger partial charge in [0.1, 0.15) is 18.5 Å². The second-order valence-electron chi connectivity index (χ2n) is 5.20. The zero-order valence-corrected chi connectivity index (χ0v) is 11.6. The van der Waals surface area contributed by atoms with Crippen LogP contribution >= 0.6 is 0 Å². The molecule has 3 N–H and O–H groups in total. The van der Waals surface area contributed by atoms with E-state index < -0.39 is 6.10 Å². The number of β-amino-alcohol motifs (C(OH)–C–C–N with tert-alkyl or cyclic N) is 1. The number of rotatable bonds is 6. The number of ether oxygens (including phenoxy) is 1. The van der Waals surface area contributed by atoms with Gasteiger partial charge in [-0.15, -0.1) is 0 Å². The molecule has 106 valence electrons. The van der Waals surface area contributed by atoms with Crippen molar-refractivity contribution in [1.82, 2.24) is 4.90 Å². The Kier molecular flexibility index (Phi) is 5.05. The van der Waals surface area contributed by atoms with Crippen LogP contribution in [0.15, 0.2) is 24.3 Å². The fourth-order valence-corrected chi connectivity index (χ4v) is 2.72. The van der Waals surface area contributed by atoms with Gasteiger partial charge in [0.05, 0.1) is 5.69 Å². The third kappa shape index (κ3) is 3.85. The molecule has 1 heterocycles. The Morgan fingerprint density at radius 1 is 1.47 bits per heavy atom. The molecule has 2 atom stereocenters. The first-order chi connectivity index (χ1) is 9.20. The number of benzene rings is 1. The molecule has 4 heteroatoms. The zero-order chi connectivity index (χ0) is 13.7. The van der Waals surface area contributed by atoms with Crippen LogP contribution in [0.5, 0.6) is 5.75 Å². The standard InChI is InChI=1S/C15H24N2O2/c1-2-12-6-5-9-17(12)10-13(18)11-19-15-8-4-3-7-14(15)16/h3-4,7-8,12-13,18H,2,5-6,9-11,16H2,1H3. The molecule has 2 rings (SSSR count). The van der Waals surface area contributed by atoms with Crippen molar-refractivity contribution in [3.8, 4) is 5.75 Å². The van der Waals surface area contributed by atoms with Crippen LogP contribution in [0.4, 0.5) is 5.69 Å². The number of nitrogen functional groups attached to an aromatic ring is 1. The Morgan fingerprint density at radius 3 is 3.00 bits per heavy atom. The maximum absolute atomic E-state index is 10.1. The van der Waals surface area contributed by atoms with E-state index in [-0.39, 0.29) is 0 Å². The summed E-state index contributed by atoms with van der Waals surface area (Å²) in [7, 11) is 0. The highest BCUT2D eigenvalue weighted by Crippen LogP contribution is 2.21. The van der Waals surface area contributed by atoms with Gasteiger partial charge < -0.3 is 15.6 Å². The largest absolute Gasteiger partial charge is 0.489 e. The van der Waals surface area contributed by atoms with E-state index >= 15 is 0 Å². The van der Waals surface area contributed by atoms with Gasteiger partial charge in [0.25, 0.3) is 0 Å². The quantitative estimate of drug-likeness (QED) is 0.770. The Morgan fingerprint density at radius 2 is 2.26 bits per heavy atom. The smallest absolute Gasteiger partial charge is 0.142 e. The van der Waals surface area contributed by atoms with E-state index in [9.17, 15) is 5.11 Å². The molecule has 1 fully saturated rings. The highest BCUT2D eigenvalue weighted by Gasteiger charge is 2.24. The first-order valence-corrected chi connectivity index (χ1v) is 7.10. The number of nitrogens with zero attached hydrogens (tertiary/aromatic N) is 1. The van der Waals surface area contributed by atoms with Crippen LogP contribution in [-0.2, 0) is 0 Å². The summed E-state index contributed by atoms with van der Waals surface area (Å²) in [4.78, 5) is 2.36. The van der Waals surface area contributed by atoms with E-state index in [1.807, 2.05) is 18.2 Å². The first kappa shape index (κ1) is 14.2. The minimum atomic E-state index is -0.466. The number of hydrogen-bond acceptors (Lipinski definition) is 4. The maximum Gasteiger partial charge on any atom is 0.142 e. The molecule has 1 saturated heterocycles. The molecule has 1 aromatic carbocycles. The third-order valence-electron chi connectivity index (χ3n) is 3.77. The molecule has 0 aliphatic carbocycles. The maximum atomic E-state index is 10.1. The topological polar surface area (TPSA) is 58.7 Å². The Labute approximate surface area is 115 Å². The minimum absolute atomic E-state index is 0.293. The summed E-state index contributed by atoms with van der Waals surface area (Å²) in [6.07, 6.45) is 3.17. The average Bonchev–Trinajstić information content (AvgIpc) is 2.85. The summed E-state index contributed by atoms with van der Waals surface area (Å²) in [5.74, 6) is 0.648. The van der Waals surface area contributed by atoms with Gasteiger partial charge in [-0.2, -0.15) is 0 Å². The van der Waals surface area contributed by atoms with Crippen molar-refractivity contribution in [3.05, 3.63) is 24.3 Å². The summed E-state index contributed by atoms with van der Waals surface area (Å²) in [5.41, 5.74) is 6.41. The van der Waals surface area contributed by atoms with Crippen LogP contribution in [0.3, 0.4) is 0 Å².